The minimum atomic E-state index is -0.270. The maximum atomic E-state index is 13.9. The summed E-state index contributed by atoms with van der Waals surface area (Å²) in [5.74, 6) is -0.270. The van der Waals surface area contributed by atoms with Crippen molar-refractivity contribution < 1.29 is 4.39 Å². The van der Waals surface area contributed by atoms with E-state index in [4.69, 9.17) is 11.6 Å². The van der Waals surface area contributed by atoms with Gasteiger partial charge in [0, 0.05) is 19.3 Å². The highest BCUT2D eigenvalue weighted by atomic mass is 79.9. The summed E-state index contributed by atoms with van der Waals surface area (Å²) >= 11 is 16.2. The van der Waals surface area contributed by atoms with Crippen molar-refractivity contribution in [3.63, 3.8) is 0 Å². The van der Waals surface area contributed by atoms with E-state index in [-0.39, 0.29) is 10.6 Å². The zero-order valence-electron chi connectivity index (χ0n) is 9.64. The first-order valence-corrected chi connectivity index (χ1v) is 8.38. The summed E-state index contributed by atoms with van der Waals surface area (Å²) in [4.78, 5) is -0.118. The third kappa shape index (κ3) is 4.03. The summed E-state index contributed by atoms with van der Waals surface area (Å²) in [6.07, 6.45) is 0.689. The monoisotopic (exact) mass is 468 g/mol. The molecule has 0 radical (unpaired) electrons. The Morgan fingerprint density at radius 2 is 1.89 bits per heavy atom. The average molecular weight is 471 g/mol. The van der Waals surface area contributed by atoms with E-state index in [0.29, 0.717) is 21.5 Å². The van der Waals surface area contributed by atoms with Crippen LogP contribution in [0.2, 0.25) is 5.02 Å². The van der Waals surface area contributed by atoms with Crippen molar-refractivity contribution in [1.29, 1.82) is 0 Å². The van der Waals surface area contributed by atoms with Crippen LogP contribution in [-0.2, 0) is 6.42 Å². The van der Waals surface area contributed by atoms with E-state index in [9.17, 15) is 4.39 Å². The van der Waals surface area contributed by atoms with Gasteiger partial charge in [-0.3, -0.25) is 0 Å². The van der Waals surface area contributed by atoms with Gasteiger partial charge in [0.1, 0.15) is 5.82 Å². The molecule has 5 heteroatoms. The standard InChI is InChI=1S/C14H9Br3ClF/c15-9-3-1-2-8(4-9)5-11(16)10-6-13(18)12(17)7-14(10)19/h1-4,6-7,11H,5H2. The van der Waals surface area contributed by atoms with Crippen molar-refractivity contribution >= 4 is 59.4 Å². The molecule has 0 heterocycles. The summed E-state index contributed by atoms with van der Waals surface area (Å²) in [7, 11) is 0. The van der Waals surface area contributed by atoms with Gasteiger partial charge in [-0.05, 0) is 52.2 Å². The minimum absolute atomic E-state index is 0.118. The number of hydrogen-bond donors (Lipinski definition) is 0. The van der Waals surface area contributed by atoms with Gasteiger partial charge in [-0.2, -0.15) is 0 Å². The number of alkyl halides is 1. The van der Waals surface area contributed by atoms with Gasteiger partial charge in [-0.15, -0.1) is 0 Å². The Morgan fingerprint density at radius 3 is 2.58 bits per heavy atom. The van der Waals surface area contributed by atoms with Crippen molar-refractivity contribution in [1.82, 2.24) is 0 Å². The van der Waals surface area contributed by atoms with Crippen LogP contribution in [0.15, 0.2) is 45.3 Å². The summed E-state index contributed by atoms with van der Waals surface area (Å²) in [5.41, 5.74) is 1.68. The molecule has 0 bridgehead atoms. The van der Waals surface area contributed by atoms with Gasteiger partial charge in [0.25, 0.3) is 0 Å². The maximum Gasteiger partial charge on any atom is 0.128 e. The Balaban J connectivity index is 2.25. The Kier molecular flexibility index (Phi) is 5.46. The molecule has 0 aliphatic carbocycles. The molecule has 0 saturated heterocycles. The largest absolute Gasteiger partial charge is 0.207 e. The van der Waals surface area contributed by atoms with Crippen molar-refractivity contribution in [2.24, 2.45) is 0 Å². The Bertz CT molecular complexity index is 601. The molecule has 0 aliphatic rings. The van der Waals surface area contributed by atoms with E-state index in [1.165, 1.54) is 6.07 Å². The van der Waals surface area contributed by atoms with Crippen LogP contribution < -0.4 is 0 Å². The van der Waals surface area contributed by atoms with Crippen molar-refractivity contribution in [2.75, 3.05) is 0 Å². The smallest absolute Gasteiger partial charge is 0.128 e. The van der Waals surface area contributed by atoms with Gasteiger partial charge in [0.2, 0.25) is 0 Å². The molecular formula is C14H9Br3ClF. The highest BCUT2D eigenvalue weighted by Gasteiger charge is 2.15. The Morgan fingerprint density at radius 1 is 1.16 bits per heavy atom. The van der Waals surface area contributed by atoms with Crippen LogP contribution in [0.25, 0.3) is 0 Å². The lowest BCUT2D eigenvalue weighted by atomic mass is 10.0. The fourth-order valence-corrected chi connectivity index (χ4v) is 3.42. The van der Waals surface area contributed by atoms with Gasteiger partial charge < -0.3 is 0 Å². The van der Waals surface area contributed by atoms with E-state index in [1.807, 2.05) is 24.3 Å². The summed E-state index contributed by atoms with van der Waals surface area (Å²) in [5, 5.41) is 0.509. The fraction of sp³-hybridized carbons (Fsp3) is 0.143. The number of hydrogen-bond acceptors (Lipinski definition) is 0. The highest BCUT2D eigenvalue weighted by molar-refractivity contribution is 9.11. The molecule has 0 N–H and O–H groups in total. The van der Waals surface area contributed by atoms with Gasteiger partial charge >= 0.3 is 0 Å². The predicted molar refractivity (Wildman–Crippen MR) is 88.6 cm³/mol. The summed E-state index contributed by atoms with van der Waals surface area (Å²) in [6.45, 7) is 0. The molecule has 0 spiro atoms. The average Bonchev–Trinajstić information content (AvgIpc) is 2.33. The molecule has 1 unspecified atom stereocenters. The molecule has 2 aromatic rings. The lowest BCUT2D eigenvalue weighted by molar-refractivity contribution is 0.607. The third-order valence-corrected chi connectivity index (χ3v) is 5.19. The zero-order valence-corrected chi connectivity index (χ0v) is 15.2. The van der Waals surface area contributed by atoms with Crippen molar-refractivity contribution in [2.45, 2.75) is 11.2 Å². The SMILES string of the molecule is Fc1cc(Br)c(Cl)cc1C(Br)Cc1cccc(Br)c1. The normalized spacial score (nSPS) is 12.5. The lowest BCUT2D eigenvalue weighted by Crippen LogP contribution is -1.99. The van der Waals surface area contributed by atoms with Gasteiger partial charge in [-0.1, -0.05) is 55.6 Å². The molecule has 100 valence electrons. The van der Waals surface area contributed by atoms with Gasteiger partial charge in [0.05, 0.1) is 5.02 Å². The third-order valence-electron chi connectivity index (χ3n) is 2.68. The first kappa shape index (κ1) is 15.5. The molecular weight excluding hydrogens is 462 g/mol. The second-order valence-electron chi connectivity index (χ2n) is 4.09. The summed E-state index contributed by atoms with van der Waals surface area (Å²) in [6, 6.07) is 11.0. The molecule has 0 aromatic heterocycles. The van der Waals surface area contributed by atoms with E-state index < -0.39 is 0 Å². The minimum Gasteiger partial charge on any atom is -0.207 e. The van der Waals surface area contributed by atoms with E-state index in [0.717, 1.165) is 10.0 Å². The molecule has 0 nitrogen and oxygen atoms in total. The zero-order chi connectivity index (χ0) is 14.0. The second kappa shape index (κ2) is 6.70. The topological polar surface area (TPSA) is 0 Å². The van der Waals surface area contributed by atoms with Gasteiger partial charge in [0.15, 0.2) is 0 Å². The summed E-state index contributed by atoms with van der Waals surface area (Å²) < 4.78 is 15.5. The van der Waals surface area contributed by atoms with Crippen molar-refractivity contribution in [3.8, 4) is 0 Å². The number of benzene rings is 2. The van der Waals surface area contributed by atoms with Crippen LogP contribution in [0.5, 0.6) is 0 Å². The molecule has 0 aliphatic heterocycles. The fourth-order valence-electron chi connectivity index (χ4n) is 1.76. The van der Waals surface area contributed by atoms with E-state index in [2.05, 4.69) is 47.8 Å². The Hall–Kier alpha value is 0.1000. The lowest BCUT2D eigenvalue weighted by Gasteiger charge is -2.13. The van der Waals surface area contributed by atoms with E-state index in [1.54, 1.807) is 6.07 Å². The van der Waals surface area contributed by atoms with E-state index >= 15 is 0 Å². The van der Waals surface area contributed by atoms with Crippen LogP contribution in [0, 0.1) is 5.82 Å². The molecule has 1 atom stereocenters. The molecule has 2 rings (SSSR count). The molecule has 0 fully saturated rings. The number of halogens is 5. The molecule has 0 saturated carbocycles. The van der Waals surface area contributed by atoms with Gasteiger partial charge in [-0.25, -0.2) is 4.39 Å². The second-order valence-corrected chi connectivity index (χ2v) is 7.37. The van der Waals surface area contributed by atoms with Crippen LogP contribution in [-0.4, -0.2) is 0 Å². The quantitative estimate of drug-likeness (QED) is 0.346. The first-order chi connectivity index (χ1) is 8.97. The predicted octanol–water partition coefficient (Wildman–Crippen LogP) is 6.68. The highest BCUT2D eigenvalue weighted by Crippen LogP contribution is 2.34. The van der Waals surface area contributed by atoms with Crippen LogP contribution in [0.4, 0.5) is 4.39 Å². The van der Waals surface area contributed by atoms with Crippen molar-refractivity contribution in [3.05, 3.63) is 67.3 Å². The first-order valence-electron chi connectivity index (χ1n) is 5.50. The van der Waals surface area contributed by atoms with Crippen LogP contribution in [0.1, 0.15) is 16.0 Å². The molecule has 2 aromatic carbocycles. The van der Waals surface area contributed by atoms with Crippen LogP contribution >= 0.6 is 59.4 Å². The van der Waals surface area contributed by atoms with Crippen LogP contribution in [0.3, 0.4) is 0 Å². The maximum absolute atomic E-state index is 13.9. The number of rotatable bonds is 3. The molecule has 0 amide bonds. The Labute approximate surface area is 141 Å². The molecule has 19 heavy (non-hydrogen) atoms.